The van der Waals surface area contributed by atoms with Crippen molar-refractivity contribution in [1.29, 1.82) is 0 Å². The number of benzene rings is 1. The molecule has 3 nitrogen and oxygen atoms in total. The Bertz CT molecular complexity index is 573. The van der Waals surface area contributed by atoms with Gasteiger partial charge in [0.2, 0.25) is 0 Å². The van der Waals surface area contributed by atoms with Gasteiger partial charge in [0.25, 0.3) is 0 Å². The predicted molar refractivity (Wildman–Crippen MR) is 70.5 cm³/mol. The maximum Gasteiger partial charge on any atom is 0.136 e. The number of anilines is 1. The monoisotopic (exact) mass is 245 g/mol. The lowest BCUT2D eigenvalue weighted by Crippen LogP contribution is -2.17. The van der Waals surface area contributed by atoms with E-state index in [0.717, 1.165) is 0 Å². The summed E-state index contributed by atoms with van der Waals surface area (Å²) in [5, 5.41) is 0. The van der Waals surface area contributed by atoms with Gasteiger partial charge in [0.05, 0.1) is 5.69 Å². The molecule has 0 atom stereocenters. The van der Waals surface area contributed by atoms with Crippen LogP contribution in [0.25, 0.3) is 11.3 Å². The van der Waals surface area contributed by atoms with Crippen molar-refractivity contribution in [3.63, 3.8) is 0 Å². The molecule has 0 saturated heterocycles. The minimum absolute atomic E-state index is 0.227. The SMILES string of the molecule is CC(C)(C)c1nc(N)cc(-c2ccccc2F)n1. The van der Waals surface area contributed by atoms with E-state index in [1.165, 1.54) is 6.07 Å². The van der Waals surface area contributed by atoms with Crippen molar-refractivity contribution in [2.75, 3.05) is 5.73 Å². The highest BCUT2D eigenvalue weighted by molar-refractivity contribution is 5.62. The molecule has 0 radical (unpaired) electrons. The molecular formula is C14H16FN3. The largest absolute Gasteiger partial charge is 0.384 e. The number of nitrogen functional groups attached to an aromatic ring is 1. The van der Waals surface area contributed by atoms with E-state index >= 15 is 0 Å². The zero-order valence-corrected chi connectivity index (χ0v) is 10.7. The van der Waals surface area contributed by atoms with Crippen LogP contribution in [0.1, 0.15) is 26.6 Å². The van der Waals surface area contributed by atoms with E-state index < -0.39 is 0 Å². The lowest BCUT2D eigenvalue weighted by Gasteiger charge is -2.17. The maximum absolute atomic E-state index is 13.7. The summed E-state index contributed by atoms with van der Waals surface area (Å²) in [4.78, 5) is 8.61. The van der Waals surface area contributed by atoms with Crippen molar-refractivity contribution in [3.05, 3.63) is 42.0 Å². The van der Waals surface area contributed by atoms with Gasteiger partial charge in [0, 0.05) is 17.0 Å². The topological polar surface area (TPSA) is 51.8 Å². The summed E-state index contributed by atoms with van der Waals surface area (Å²) in [6.45, 7) is 5.98. The second kappa shape index (κ2) is 4.37. The van der Waals surface area contributed by atoms with Crippen LogP contribution in [-0.2, 0) is 5.41 Å². The van der Waals surface area contributed by atoms with Crippen LogP contribution in [0.4, 0.5) is 10.2 Å². The van der Waals surface area contributed by atoms with Gasteiger partial charge in [-0.15, -0.1) is 0 Å². The molecule has 0 bridgehead atoms. The molecule has 0 aliphatic rings. The predicted octanol–water partition coefficient (Wildman–Crippen LogP) is 3.16. The fraction of sp³-hybridized carbons (Fsp3) is 0.286. The van der Waals surface area contributed by atoms with Crippen LogP contribution in [0.15, 0.2) is 30.3 Å². The Morgan fingerprint density at radius 3 is 2.39 bits per heavy atom. The zero-order valence-electron chi connectivity index (χ0n) is 10.7. The highest BCUT2D eigenvalue weighted by atomic mass is 19.1. The molecule has 0 aliphatic heterocycles. The van der Waals surface area contributed by atoms with Crippen LogP contribution >= 0.6 is 0 Å². The molecule has 2 N–H and O–H groups in total. The van der Waals surface area contributed by atoms with Crippen LogP contribution in [0, 0.1) is 5.82 Å². The van der Waals surface area contributed by atoms with Gasteiger partial charge >= 0.3 is 0 Å². The Balaban J connectivity index is 2.60. The third-order valence-corrected chi connectivity index (χ3v) is 2.57. The molecule has 2 rings (SSSR count). The molecule has 0 amide bonds. The highest BCUT2D eigenvalue weighted by Crippen LogP contribution is 2.25. The van der Waals surface area contributed by atoms with Crippen LogP contribution in [-0.4, -0.2) is 9.97 Å². The molecule has 0 fully saturated rings. The number of rotatable bonds is 1. The van der Waals surface area contributed by atoms with Crippen LogP contribution < -0.4 is 5.73 Å². The van der Waals surface area contributed by atoms with Crippen LogP contribution in [0.3, 0.4) is 0 Å². The average molecular weight is 245 g/mol. The molecule has 0 unspecified atom stereocenters. The lowest BCUT2D eigenvalue weighted by atomic mass is 9.95. The van der Waals surface area contributed by atoms with E-state index in [9.17, 15) is 4.39 Å². The standard InChI is InChI=1S/C14H16FN3/c1-14(2,3)13-17-11(8-12(16)18-13)9-6-4-5-7-10(9)15/h4-8H,1-3H3,(H2,16,17,18). The van der Waals surface area contributed by atoms with E-state index in [1.807, 2.05) is 20.8 Å². The highest BCUT2D eigenvalue weighted by Gasteiger charge is 2.19. The Hall–Kier alpha value is -1.97. The van der Waals surface area contributed by atoms with Gasteiger partial charge in [-0.3, -0.25) is 0 Å². The molecular weight excluding hydrogens is 229 g/mol. The number of halogens is 1. The molecule has 0 saturated carbocycles. The van der Waals surface area contributed by atoms with Crippen LogP contribution in [0.5, 0.6) is 0 Å². The van der Waals surface area contributed by atoms with Gasteiger partial charge in [-0.2, -0.15) is 0 Å². The summed E-state index contributed by atoms with van der Waals surface area (Å²) in [5.41, 5.74) is 6.50. The molecule has 1 heterocycles. The van der Waals surface area contributed by atoms with E-state index in [1.54, 1.807) is 24.3 Å². The first-order valence-corrected chi connectivity index (χ1v) is 5.78. The molecule has 4 heteroatoms. The van der Waals surface area contributed by atoms with E-state index in [4.69, 9.17) is 5.73 Å². The van der Waals surface area contributed by atoms with Gasteiger partial charge in [0.15, 0.2) is 0 Å². The fourth-order valence-corrected chi connectivity index (χ4v) is 1.61. The summed E-state index contributed by atoms with van der Waals surface area (Å²) in [7, 11) is 0. The second-order valence-electron chi connectivity index (χ2n) is 5.23. The summed E-state index contributed by atoms with van der Waals surface area (Å²) >= 11 is 0. The lowest BCUT2D eigenvalue weighted by molar-refractivity contribution is 0.546. The quantitative estimate of drug-likeness (QED) is 0.839. The number of aromatic nitrogens is 2. The molecule has 0 aliphatic carbocycles. The van der Waals surface area contributed by atoms with Crippen LogP contribution in [0.2, 0.25) is 0 Å². The first kappa shape index (κ1) is 12.5. The van der Waals surface area contributed by atoms with E-state index in [2.05, 4.69) is 9.97 Å². The van der Waals surface area contributed by atoms with Crippen molar-refractivity contribution < 1.29 is 4.39 Å². The van der Waals surface area contributed by atoms with Gasteiger partial charge in [0.1, 0.15) is 17.5 Å². The number of hydrogen-bond acceptors (Lipinski definition) is 3. The first-order chi connectivity index (χ1) is 8.38. The molecule has 2 aromatic rings. The Kier molecular flexibility index (Phi) is 3.03. The smallest absolute Gasteiger partial charge is 0.136 e. The van der Waals surface area contributed by atoms with E-state index in [-0.39, 0.29) is 11.2 Å². The molecule has 0 spiro atoms. The van der Waals surface area contributed by atoms with Crippen molar-refractivity contribution in [1.82, 2.24) is 9.97 Å². The molecule has 18 heavy (non-hydrogen) atoms. The zero-order chi connectivity index (χ0) is 13.3. The normalized spacial score (nSPS) is 11.6. The minimum atomic E-state index is -0.310. The molecule has 1 aromatic heterocycles. The van der Waals surface area contributed by atoms with Gasteiger partial charge in [-0.05, 0) is 12.1 Å². The average Bonchev–Trinajstić information content (AvgIpc) is 2.27. The van der Waals surface area contributed by atoms with Gasteiger partial charge < -0.3 is 5.73 Å². The number of hydrogen-bond donors (Lipinski definition) is 1. The van der Waals surface area contributed by atoms with Gasteiger partial charge in [-0.1, -0.05) is 32.9 Å². The second-order valence-corrected chi connectivity index (χ2v) is 5.23. The number of nitrogens with zero attached hydrogens (tertiary/aromatic N) is 2. The summed E-state index contributed by atoms with van der Waals surface area (Å²) < 4.78 is 13.7. The third-order valence-electron chi connectivity index (χ3n) is 2.57. The maximum atomic E-state index is 13.7. The Morgan fingerprint density at radius 2 is 1.78 bits per heavy atom. The van der Waals surface area contributed by atoms with Gasteiger partial charge in [-0.25, -0.2) is 14.4 Å². The molecule has 1 aromatic carbocycles. The third kappa shape index (κ3) is 2.47. The summed E-state index contributed by atoms with van der Waals surface area (Å²) in [6, 6.07) is 8.10. The molecule has 94 valence electrons. The van der Waals surface area contributed by atoms with Crippen molar-refractivity contribution in [3.8, 4) is 11.3 Å². The Morgan fingerprint density at radius 1 is 1.11 bits per heavy atom. The fourth-order valence-electron chi connectivity index (χ4n) is 1.61. The first-order valence-electron chi connectivity index (χ1n) is 5.78. The minimum Gasteiger partial charge on any atom is -0.384 e. The van der Waals surface area contributed by atoms with Crippen molar-refractivity contribution >= 4 is 5.82 Å². The van der Waals surface area contributed by atoms with Crippen molar-refractivity contribution in [2.45, 2.75) is 26.2 Å². The summed E-state index contributed by atoms with van der Waals surface area (Å²) in [5.74, 6) is 0.657. The van der Waals surface area contributed by atoms with E-state index in [0.29, 0.717) is 22.9 Å². The van der Waals surface area contributed by atoms with Crippen molar-refractivity contribution in [2.24, 2.45) is 0 Å². The number of nitrogens with two attached hydrogens (primary N) is 1. The Labute approximate surface area is 106 Å². The summed E-state index contributed by atoms with van der Waals surface area (Å²) in [6.07, 6.45) is 0.